The van der Waals surface area contributed by atoms with Crippen LogP contribution in [-0.4, -0.2) is 36.0 Å². The first-order valence-corrected chi connectivity index (χ1v) is 7.44. The van der Waals surface area contributed by atoms with E-state index in [1.165, 1.54) is 12.1 Å². The number of ether oxygens (including phenoxy) is 1. The van der Waals surface area contributed by atoms with Crippen molar-refractivity contribution in [2.24, 2.45) is 11.7 Å². The van der Waals surface area contributed by atoms with Crippen LogP contribution in [0.1, 0.15) is 26.7 Å². The highest BCUT2D eigenvalue weighted by Crippen LogP contribution is 2.20. The molecule has 2 atom stereocenters. The van der Waals surface area contributed by atoms with Crippen LogP contribution in [0.3, 0.4) is 0 Å². The van der Waals surface area contributed by atoms with Gasteiger partial charge in [0.05, 0.1) is 5.92 Å². The number of rotatable bonds is 4. The lowest BCUT2D eigenvalue weighted by Crippen LogP contribution is -2.47. The summed E-state index contributed by atoms with van der Waals surface area (Å²) in [6.07, 6.45) is 1.65. The van der Waals surface area contributed by atoms with Gasteiger partial charge in [-0.2, -0.15) is 0 Å². The molecule has 0 aromatic heterocycles. The van der Waals surface area contributed by atoms with Gasteiger partial charge in [-0.15, -0.1) is 12.4 Å². The van der Waals surface area contributed by atoms with Crippen molar-refractivity contribution in [2.75, 3.05) is 13.1 Å². The van der Waals surface area contributed by atoms with Gasteiger partial charge >= 0.3 is 0 Å². The van der Waals surface area contributed by atoms with E-state index >= 15 is 0 Å². The van der Waals surface area contributed by atoms with Crippen LogP contribution in [0, 0.1) is 11.7 Å². The highest BCUT2D eigenvalue weighted by molar-refractivity contribution is 5.85. The molecule has 1 fully saturated rings. The number of carbonyl (C=O) groups is 1. The van der Waals surface area contributed by atoms with E-state index in [4.69, 9.17) is 10.5 Å². The predicted molar refractivity (Wildman–Crippen MR) is 86.7 cm³/mol. The second kappa shape index (κ2) is 8.34. The van der Waals surface area contributed by atoms with E-state index in [0.717, 1.165) is 12.8 Å². The molecule has 1 amide bonds. The zero-order valence-corrected chi connectivity index (χ0v) is 13.8. The minimum Gasteiger partial charge on any atom is -0.490 e. The Bertz CT molecular complexity index is 474. The highest BCUT2D eigenvalue weighted by Gasteiger charge is 2.28. The van der Waals surface area contributed by atoms with E-state index in [1.54, 1.807) is 12.1 Å². The lowest BCUT2D eigenvalue weighted by atomic mass is 10.0. The van der Waals surface area contributed by atoms with E-state index in [0.29, 0.717) is 18.8 Å². The molecule has 124 valence electrons. The fraction of sp³-hybridized carbons (Fsp3) is 0.562. The third-order valence-corrected chi connectivity index (χ3v) is 4.05. The number of nitrogens with two attached hydrogens (primary N) is 1. The van der Waals surface area contributed by atoms with E-state index in [9.17, 15) is 9.18 Å². The van der Waals surface area contributed by atoms with Crippen molar-refractivity contribution in [1.82, 2.24) is 4.90 Å². The highest BCUT2D eigenvalue weighted by atomic mass is 35.5. The van der Waals surface area contributed by atoms with Gasteiger partial charge in [0.25, 0.3) is 0 Å². The number of halogens is 2. The van der Waals surface area contributed by atoms with Crippen molar-refractivity contribution in [3.8, 4) is 5.75 Å². The van der Waals surface area contributed by atoms with Crippen molar-refractivity contribution >= 4 is 18.3 Å². The summed E-state index contributed by atoms with van der Waals surface area (Å²) in [7, 11) is 0. The molecule has 1 aromatic carbocycles. The molecule has 1 aromatic rings. The quantitative estimate of drug-likeness (QED) is 0.923. The summed E-state index contributed by atoms with van der Waals surface area (Å²) in [4.78, 5) is 14.1. The van der Waals surface area contributed by atoms with Crippen molar-refractivity contribution in [3.63, 3.8) is 0 Å². The Hall–Kier alpha value is -1.33. The van der Waals surface area contributed by atoms with Gasteiger partial charge in [-0.25, -0.2) is 4.39 Å². The van der Waals surface area contributed by atoms with Crippen LogP contribution in [0.4, 0.5) is 4.39 Å². The standard InChI is InChI=1S/C16H23FN2O2.ClH/c1-11(12(2)18)16(20)19-9-7-15(8-10-19)21-14-5-3-13(17)4-6-14;/h3-6,11-12,15H,7-10,18H2,1-2H3;1H. The zero-order chi connectivity index (χ0) is 15.4. The van der Waals surface area contributed by atoms with Gasteiger partial charge in [-0.05, 0) is 31.2 Å². The summed E-state index contributed by atoms with van der Waals surface area (Å²) >= 11 is 0. The van der Waals surface area contributed by atoms with Crippen molar-refractivity contribution in [2.45, 2.75) is 38.8 Å². The average Bonchev–Trinajstić information content (AvgIpc) is 2.49. The second-order valence-corrected chi connectivity index (χ2v) is 5.74. The molecule has 0 spiro atoms. The first-order valence-electron chi connectivity index (χ1n) is 7.44. The van der Waals surface area contributed by atoms with E-state index in [-0.39, 0.29) is 42.2 Å². The monoisotopic (exact) mass is 330 g/mol. The molecule has 1 saturated heterocycles. The summed E-state index contributed by atoms with van der Waals surface area (Å²) < 4.78 is 18.7. The third-order valence-electron chi connectivity index (χ3n) is 4.05. The molecule has 22 heavy (non-hydrogen) atoms. The summed E-state index contributed by atoms with van der Waals surface area (Å²) in [5, 5.41) is 0. The summed E-state index contributed by atoms with van der Waals surface area (Å²) in [5.74, 6) is 0.364. The lowest BCUT2D eigenvalue weighted by Gasteiger charge is -2.34. The molecule has 2 rings (SSSR count). The zero-order valence-electron chi connectivity index (χ0n) is 13.0. The molecule has 1 aliphatic rings. The number of hydrogen-bond donors (Lipinski definition) is 1. The number of hydrogen-bond acceptors (Lipinski definition) is 3. The third kappa shape index (κ3) is 4.85. The van der Waals surface area contributed by atoms with Gasteiger partial charge < -0.3 is 15.4 Å². The van der Waals surface area contributed by atoms with Crippen LogP contribution in [0.2, 0.25) is 0 Å². The molecule has 6 heteroatoms. The van der Waals surface area contributed by atoms with Crippen LogP contribution < -0.4 is 10.5 Å². The van der Waals surface area contributed by atoms with Gasteiger partial charge in [-0.1, -0.05) is 6.92 Å². The lowest BCUT2D eigenvalue weighted by molar-refractivity contribution is -0.137. The molecule has 1 heterocycles. The summed E-state index contributed by atoms with van der Waals surface area (Å²) in [6, 6.07) is 5.90. The van der Waals surface area contributed by atoms with Crippen LogP contribution in [0.15, 0.2) is 24.3 Å². The normalized spacial score (nSPS) is 18.3. The van der Waals surface area contributed by atoms with Gasteiger partial charge in [-0.3, -0.25) is 4.79 Å². The van der Waals surface area contributed by atoms with Gasteiger partial charge in [0.15, 0.2) is 0 Å². The number of carbonyl (C=O) groups excluding carboxylic acids is 1. The number of benzene rings is 1. The SMILES string of the molecule is CC(N)C(C)C(=O)N1CCC(Oc2ccc(F)cc2)CC1.Cl. The molecular formula is C16H24ClFN2O2. The predicted octanol–water partition coefficient (Wildman–Crippen LogP) is 2.60. The molecule has 0 aliphatic carbocycles. The number of likely N-dealkylation sites (tertiary alicyclic amines) is 1. The van der Waals surface area contributed by atoms with Crippen molar-refractivity contribution < 1.29 is 13.9 Å². The first kappa shape index (κ1) is 18.7. The first-order chi connectivity index (χ1) is 9.97. The van der Waals surface area contributed by atoms with E-state index < -0.39 is 0 Å². The molecule has 4 nitrogen and oxygen atoms in total. The molecule has 1 aliphatic heterocycles. The number of amides is 1. The Labute approximate surface area is 137 Å². The molecule has 0 radical (unpaired) electrons. The Morgan fingerprint density at radius 2 is 1.82 bits per heavy atom. The molecule has 2 unspecified atom stereocenters. The fourth-order valence-corrected chi connectivity index (χ4v) is 2.41. The Balaban J connectivity index is 0.00000242. The van der Waals surface area contributed by atoms with E-state index in [1.807, 2.05) is 18.7 Å². The minimum atomic E-state index is -0.271. The van der Waals surface area contributed by atoms with Crippen molar-refractivity contribution in [3.05, 3.63) is 30.1 Å². The molecule has 2 N–H and O–H groups in total. The summed E-state index contributed by atoms with van der Waals surface area (Å²) in [5.41, 5.74) is 5.78. The fourth-order valence-electron chi connectivity index (χ4n) is 2.41. The van der Waals surface area contributed by atoms with Gasteiger partial charge in [0.2, 0.25) is 5.91 Å². The maximum atomic E-state index is 12.8. The van der Waals surface area contributed by atoms with Crippen LogP contribution >= 0.6 is 12.4 Å². The van der Waals surface area contributed by atoms with E-state index in [2.05, 4.69) is 0 Å². The van der Waals surface area contributed by atoms with Gasteiger partial charge in [0.1, 0.15) is 17.7 Å². The van der Waals surface area contributed by atoms with Gasteiger partial charge in [0, 0.05) is 32.0 Å². The van der Waals surface area contributed by atoms with Crippen LogP contribution in [0.25, 0.3) is 0 Å². The van der Waals surface area contributed by atoms with Crippen LogP contribution in [-0.2, 0) is 4.79 Å². The van der Waals surface area contributed by atoms with Crippen molar-refractivity contribution in [1.29, 1.82) is 0 Å². The largest absolute Gasteiger partial charge is 0.490 e. The Morgan fingerprint density at radius 3 is 2.32 bits per heavy atom. The number of piperidine rings is 1. The second-order valence-electron chi connectivity index (χ2n) is 5.74. The molecular weight excluding hydrogens is 307 g/mol. The maximum absolute atomic E-state index is 12.8. The smallest absolute Gasteiger partial charge is 0.226 e. The summed E-state index contributed by atoms with van der Waals surface area (Å²) in [6.45, 7) is 5.09. The Morgan fingerprint density at radius 1 is 1.27 bits per heavy atom. The minimum absolute atomic E-state index is 0. The average molecular weight is 331 g/mol. The van der Waals surface area contributed by atoms with Crippen LogP contribution in [0.5, 0.6) is 5.75 Å². The topological polar surface area (TPSA) is 55.6 Å². The number of nitrogens with zero attached hydrogens (tertiary/aromatic N) is 1. The Kier molecular flexibility index (Phi) is 7.10. The molecule has 0 bridgehead atoms. The molecule has 0 saturated carbocycles. The maximum Gasteiger partial charge on any atom is 0.226 e.